The smallest absolute Gasteiger partial charge is 0.300 e. The fraction of sp³-hybridized carbons (Fsp3) is 0.125. The van der Waals surface area contributed by atoms with E-state index in [4.69, 9.17) is 0 Å². The molecule has 7 heteroatoms. The molecule has 1 aliphatic heterocycles. The molecule has 1 aromatic heterocycles. The molecule has 0 aliphatic carbocycles. The third kappa shape index (κ3) is 3.84. The summed E-state index contributed by atoms with van der Waals surface area (Å²) in [5.41, 5.74) is 2.69. The molecule has 1 saturated heterocycles. The van der Waals surface area contributed by atoms with Crippen molar-refractivity contribution >= 4 is 44.8 Å². The number of ketones is 1. The number of aliphatic hydroxyl groups excluding tert-OH is 1. The standard InChI is InChI=1S/C24H20BrN3O3/c1-27(2)18-11-7-15(8-12-18)21-20(22(29)16-5-9-17(25)10-6-16)23(30)24(31)28(21)19-4-3-13-26-14-19/h3-14,21,29H,1-2H3/t21-/m1/s1. The number of hydrogen-bond acceptors (Lipinski definition) is 5. The number of carbonyl (C=O) groups is 2. The lowest BCUT2D eigenvalue weighted by molar-refractivity contribution is -0.132. The van der Waals surface area contributed by atoms with E-state index in [9.17, 15) is 14.7 Å². The van der Waals surface area contributed by atoms with Gasteiger partial charge in [0.2, 0.25) is 0 Å². The van der Waals surface area contributed by atoms with E-state index in [1.807, 2.05) is 43.3 Å². The van der Waals surface area contributed by atoms with Crippen molar-refractivity contribution < 1.29 is 14.7 Å². The maximum atomic E-state index is 13.1. The molecule has 1 amide bonds. The molecule has 0 radical (unpaired) electrons. The molecule has 0 bridgehead atoms. The second-order valence-electron chi connectivity index (χ2n) is 7.37. The van der Waals surface area contributed by atoms with Crippen LogP contribution in [0.25, 0.3) is 5.76 Å². The van der Waals surface area contributed by atoms with E-state index < -0.39 is 17.7 Å². The zero-order valence-electron chi connectivity index (χ0n) is 17.0. The van der Waals surface area contributed by atoms with Crippen LogP contribution in [0.4, 0.5) is 11.4 Å². The number of amides is 1. The average Bonchev–Trinajstić information content (AvgIpc) is 3.05. The molecule has 2 aromatic carbocycles. The number of nitrogens with zero attached hydrogens (tertiary/aromatic N) is 3. The molecule has 1 aliphatic rings. The Morgan fingerprint density at radius 3 is 2.29 bits per heavy atom. The molecule has 0 unspecified atom stereocenters. The molecule has 4 rings (SSSR count). The van der Waals surface area contributed by atoms with E-state index >= 15 is 0 Å². The number of aliphatic hydroxyl groups is 1. The Morgan fingerprint density at radius 2 is 1.71 bits per heavy atom. The number of carbonyl (C=O) groups excluding carboxylic acids is 2. The maximum absolute atomic E-state index is 13.1. The summed E-state index contributed by atoms with van der Waals surface area (Å²) in [4.78, 5) is 33.6. The zero-order chi connectivity index (χ0) is 22.1. The minimum Gasteiger partial charge on any atom is -0.507 e. The van der Waals surface area contributed by atoms with Gasteiger partial charge in [-0.3, -0.25) is 19.5 Å². The Bertz CT molecular complexity index is 1160. The highest BCUT2D eigenvalue weighted by Crippen LogP contribution is 2.42. The number of benzene rings is 2. The Morgan fingerprint density at radius 1 is 1.03 bits per heavy atom. The Labute approximate surface area is 188 Å². The number of aromatic nitrogens is 1. The molecule has 156 valence electrons. The van der Waals surface area contributed by atoms with Crippen molar-refractivity contribution in [3.05, 3.63) is 94.2 Å². The van der Waals surface area contributed by atoms with Crippen molar-refractivity contribution in [3.63, 3.8) is 0 Å². The lowest BCUT2D eigenvalue weighted by Crippen LogP contribution is -2.29. The third-order valence-corrected chi connectivity index (χ3v) is 5.74. The number of halogens is 1. The minimum absolute atomic E-state index is 0.0498. The van der Waals surface area contributed by atoms with Gasteiger partial charge in [-0.1, -0.05) is 40.2 Å². The van der Waals surface area contributed by atoms with Crippen LogP contribution in [0.15, 0.2) is 83.1 Å². The van der Waals surface area contributed by atoms with Crippen LogP contribution in [0.5, 0.6) is 0 Å². The van der Waals surface area contributed by atoms with Crippen LogP contribution in [0.3, 0.4) is 0 Å². The fourth-order valence-electron chi connectivity index (χ4n) is 3.63. The van der Waals surface area contributed by atoms with Gasteiger partial charge in [-0.05, 0) is 42.0 Å². The Balaban J connectivity index is 1.91. The van der Waals surface area contributed by atoms with Gasteiger partial charge in [0.15, 0.2) is 0 Å². The highest BCUT2D eigenvalue weighted by Gasteiger charge is 2.47. The molecule has 2 heterocycles. The summed E-state index contributed by atoms with van der Waals surface area (Å²) in [6.07, 6.45) is 3.13. The van der Waals surface area contributed by atoms with Gasteiger partial charge >= 0.3 is 0 Å². The predicted molar refractivity (Wildman–Crippen MR) is 124 cm³/mol. The Hall–Kier alpha value is -3.45. The van der Waals surface area contributed by atoms with Gasteiger partial charge in [-0.15, -0.1) is 0 Å². The molecule has 0 saturated carbocycles. The summed E-state index contributed by atoms with van der Waals surface area (Å²) < 4.78 is 0.843. The first-order valence-electron chi connectivity index (χ1n) is 9.62. The van der Waals surface area contributed by atoms with E-state index in [1.54, 1.807) is 42.6 Å². The molecule has 3 aromatic rings. The summed E-state index contributed by atoms with van der Waals surface area (Å²) in [6, 6.07) is 17.1. The van der Waals surface area contributed by atoms with E-state index in [2.05, 4.69) is 20.9 Å². The lowest BCUT2D eigenvalue weighted by Gasteiger charge is -2.25. The first kappa shape index (κ1) is 20.8. The highest BCUT2D eigenvalue weighted by atomic mass is 79.9. The van der Waals surface area contributed by atoms with Crippen molar-refractivity contribution in [3.8, 4) is 0 Å². The van der Waals surface area contributed by atoms with Crippen molar-refractivity contribution in [2.75, 3.05) is 23.9 Å². The first-order chi connectivity index (χ1) is 14.9. The highest BCUT2D eigenvalue weighted by molar-refractivity contribution is 9.10. The van der Waals surface area contributed by atoms with Crippen molar-refractivity contribution in [1.29, 1.82) is 0 Å². The topological polar surface area (TPSA) is 73.7 Å². The van der Waals surface area contributed by atoms with Gasteiger partial charge in [0.1, 0.15) is 5.76 Å². The summed E-state index contributed by atoms with van der Waals surface area (Å²) >= 11 is 3.37. The first-order valence-corrected chi connectivity index (χ1v) is 10.4. The molecule has 0 spiro atoms. The monoisotopic (exact) mass is 477 g/mol. The van der Waals surface area contributed by atoms with Crippen LogP contribution in [0, 0.1) is 0 Å². The molecular formula is C24H20BrN3O3. The Kier molecular flexibility index (Phi) is 5.61. The van der Waals surface area contributed by atoms with Crippen LogP contribution >= 0.6 is 15.9 Å². The van der Waals surface area contributed by atoms with Crippen molar-refractivity contribution in [1.82, 2.24) is 4.98 Å². The van der Waals surface area contributed by atoms with Gasteiger partial charge in [-0.25, -0.2) is 0 Å². The minimum atomic E-state index is -0.774. The third-order valence-electron chi connectivity index (χ3n) is 5.21. The van der Waals surface area contributed by atoms with E-state index in [0.717, 1.165) is 10.2 Å². The van der Waals surface area contributed by atoms with Crippen molar-refractivity contribution in [2.24, 2.45) is 0 Å². The van der Waals surface area contributed by atoms with Crippen LogP contribution in [-0.2, 0) is 9.59 Å². The van der Waals surface area contributed by atoms with Crippen LogP contribution < -0.4 is 9.80 Å². The zero-order valence-corrected chi connectivity index (χ0v) is 18.6. The van der Waals surface area contributed by atoms with E-state index in [-0.39, 0.29) is 11.3 Å². The number of hydrogen-bond donors (Lipinski definition) is 1. The average molecular weight is 478 g/mol. The lowest BCUT2D eigenvalue weighted by atomic mass is 9.95. The van der Waals surface area contributed by atoms with E-state index in [1.165, 1.54) is 11.1 Å². The van der Waals surface area contributed by atoms with Crippen molar-refractivity contribution in [2.45, 2.75) is 6.04 Å². The van der Waals surface area contributed by atoms with Gasteiger partial charge in [0.25, 0.3) is 11.7 Å². The second-order valence-corrected chi connectivity index (χ2v) is 8.29. The van der Waals surface area contributed by atoms with Crippen LogP contribution in [0.1, 0.15) is 17.2 Å². The summed E-state index contributed by atoms with van der Waals surface area (Å²) in [7, 11) is 3.87. The molecule has 31 heavy (non-hydrogen) atoms. The molecular weight excluding hydrogens is 458 g/mol. The predicted octanol–water partition coefficient (Wildman–Crippen LogP) is 4.54. The molecule has 1 N–H and O–H groups in total. The number of anilines is 2. The number of pyridine rings is 1. The summed E-state index contributed by atoms with van der Waals surface area (Å²) in [5.74, 6) is -1.64. The summed E-state index contributed by atoms with van der Waals surface area (Å²) in [5, 5.41) is 11.1. The number of rotatable bonds is 4. The molecule has 1 atom stereocenters. The normalized spacial score (nSPS) is 17.8. The second kappa shape index (κ2) is 8.35. The number of Topliss-reactive ketones (excluding diaryl/α,β-unsaturated/α-hetero) is 1. The van der Waals surface area contributed by atoms with Crippen LogP contribution in [0.2, 0.25) is 0 Å². The SMILES string of the molecule is CN(C)c1ccc([C@@H]2C(=C(O)c3ccc(Br)cc3)C(=O)C(=O)N2c2cccnc2)cc1. The largest absolute Gasteiger partial charge is 0.507 e. The van der Waals surface area contributed by atoms with Gasteiger partial charge < -0.3 is 10.0 Å². The quantitative estimate of drug-likeness (QED) is 0.339. The fourth-order valence-corrected chi connectivity index (χ4v) is 3.89. The van der Waals surface area contributed by atoms with Gasteiger partial charge in [0, 0.05) is 36.0 Å². The van der Waals surface area contributed by atoms with Crippen LogP contribution in [-0.4, -0.2) is 35.9 Å². The van der Waals surface area contributed by atoms with Gasteiger partial charge in [-0.2, -0.15) is 0 Å². The maximum Gasteiger partial charge on any atom is 0.300 e. The molecule has 1 fully saturated rings. The molecule has 6 nitrogen and oxygen atoms in total. The van der Waals surface area contributed by atoms with Gasteiger partial charge in [0.05, 0.1) is 23.5 Å². The summed E-state index contributed by atoms with van der Waals surface area (Å²) in [6.45, 7) is 0. The van der Waals surface area contributed by atoms with E-state index in [0.29, 0.717) is 16.8 Å².